The van der Waals surface area contributed by atoms with E-state index < -0.39 is 0 Å². The highest BCUT2D eigenvalue weighted by Gasteiger charge is 2.33. The fourth-order valence-corrected chi connectivity index (χ4v) is 2.46. The first kappa shape index (κ1) is 11.1. The summed E-state index contributed by atoms with van der Waals surface area (Å²) in [6.07, 6.45) is 0. The van der Waals surface area contributed by atoms with Gasteiger partial charge in [0.15, 0.2) is 0 Å². The largest absolute Gasteiger partial charge is 0.369 e. The van der Waals surface area contributed by atoms with Crippen LogP contribution in [0.5, 0.6) is 0 Å². The summed E-state index contributed by atoms with van der Waals surface area (Å²) in [4.78, 5) is 11.4. The first-order chi connectivity index (χ1) is 7.59. The van der Waals surface area contributed by atoms with Crippen molar-refractivity contribution >= 4 is 5.91 Å². The molecular formula is C13H18N2O. The Kier molecular flexibility index (Phi) is 2.97. The summed E-state index contributed by atoms with van der Waals surface area (Å²) < 4.78 is 0. The smallest absolute Gasteiger partial charge is 0.222 e. The molecule has 2 unspecified atom stereocenters. The topological polar surface area (TPSA) is 55.1 Å². The van der Waals surface area contributed by atoms with E-state index >= 15 is 0 Å². The third-order valence-corrected chi connectivity index (χ3v) is 3.41. The number of aryl methyl sites for hydroxylation is 2. The predicted octanol–water partition coefficient (Wildman–Crippen LogP) is 1.09. The van der Waals surface area contributed by atoms with Crippen LogP contribution in [-0.4, -0.2) is 19.0 Å². The Morgan fingerprint density at radius 1 is 1.38 bits per heavy atom. The number of nitrogens with one attached hydrogen (secondary N) is 1. The lowest BCUT2D eigenvalue weighted by Gasteiger charge is -2.18. The Bertz CT molecular complexity index is 414. The number of carbonyl (C=O) groups is 1. The van der Waals surface area contributed by atoms with Crippen LogP contribution in [0.4, 0.5) is 0 Å². The lowest BCUT2D eigenvalue weighted by atomic mass is 9.85. The molecule has 1 amide bonds. The van der Waals surface area contributed by atoms with Crippen LogP contribution in [0.15, 0.2) is 18.2 Å². The normalized spacial score (nSPS) is 24.6. The SMILES string of the molecule is Cc1ccc(C)c(C2CNCC2C(N)=O)c1. The molecule has 2 rings (SSSR count). The van der Waals surface area contributed by atoms with Crippen molar-refractivity contribution in [3.63, 3.8) is 0 Å². The van der Waals surface area contributed by atoms with E-state index in [0.29, 0.717) is 6.54 Å². The van der Waals surface area contributed by atoms with Gasteiger partial charge < -0.3 is 11.1 Å². The van der Waals surface area contributed by atoms with Crippen molar-refractivity contribution in [3.8, 4) is 0 Å². The van der Waals surface area contributed by atoms with Crippen LogP contribution in [0, 0.1) is 19.8 Å². The molecule has 1 fully saturated rings. The van der Waals surface area contributed by atoms with Gasteiger partial charge in [-0.05, 0) is 25.0 Å². The Morgan fingerprint density at radius 2 is 2.12 bits per heavy atom. The molecule has 1 aliphatic heterocycles. The second-order valence-electron chi connectivity index (χ2n) is 4.63. The predicted molar refractivity (Wildman–Crippen MR) is 64.2 cm³/mol. The van der Waals surface area contributed by atoms with Crippen LogP contribution in [0.1, 0.15) is 22.6 Å². The van der Waals surface area contributed by atoms with E-state index in [4.69, 9.17) is 5.73 Å². The Balaban J connectivity index is 2.35. The minimum absolute atomic E-state index is 0.0690. The molecular weight excluding hydrogens is 200 g/mol. The molecule has 1 saturated heterocycles. The van der Waals surface area contributed by atoms with Gasteiger partial charge in [-0.15, -0.1) is 0 Å². The van der Waals surface area contributed by atoms with Crippen LogP contribution < -0.4 is 11.1 Å². The fourth-order valence-electron chi connectivity index (χ4n) is 2.46. The maximum Gasteiger partial charge on any atom is 0.222 e. The van der Waals surface area contributed by atoms with Gasteiger partial charge in [-0.2, -0.15) is 0 Å². The highest BCUT2D eigenvalue weighted by Crippen LogP contribution is 2.30. The van der Waals surface area contributed by atoms with Crippen molar-refractivity contribution in [2.75, 3.05) is 13.1 Å². The van der Waals surface area contributed by atoms with Crippen LogP contribution in [0.25, 0.3) is 0 Å². The molecule has 1 aromatic rings. The van der Waals surface area contributed by atoms with Crippen LogP contribution in [-0.2, 0) is 4.79 Å². The van der Waals surface area contributed by atoms with Gasteiger partial charge >= 0.3 is 0 Å². The van der Waals surface area contributed by atoms with Crippen molar-refractivity contribution < 1.29 is 4.79 Å². The van der Waals surface area contributed by atoms with E-state index in [1.807, 2.05) is 0 Å². The second-order valence-corrected chi connectivity index (χ2v) is 4.63. The lowest BCUT2D eigenvalue weighted by molar-refractivity contribution is -0.121. The summed E-state index contributed by atoms with van der Waals surface area (Å²) in [6.45, 7) is 5.71. The van der Waals surface area contributed by atoms with Gasteiger partial charge in [0.05, 0.1) is 5.92 Å². The number of nitrogens with two attached hydrogens (primary N) is 1. The number of rotatable bonds is 2. The summed E-state index contributed by atoms with van der Waals surface area (Å²) in [7, 11) is 0. The van der Waals surface area contributed by atoms with Crippen LogP contribution >= 0.6 is 0 Å². The molecule has 0 spiro atoms. The molecule has 0 aliphatic carbocycles. The number of amides is 1. The molecule has 1 aromatic carbocycles. The van der Waals surface area contributed by atoms with Crippen molar-refractivity contribution in [2.24, 2.45) is 11.7 Å². The number of hydrogen-bond acceptors (Lipinski definition) is 2. The van der Waals surface area contributed by atoms with Crippen molar-refractivity contribution in [1.29, 1.82) is 0 Å². The van der Waals surface area contributed by atoms with E-state index in [0.717, 1.165) is 6.54 Å². The molecule has 3 heteroatoms. The Labute approximate surface area is 96.0 Å². The molecule has 16 heavy (non-hydrogen) atoms. The average molecular weight is 218 g/mol. The van der Waals surface area contributed by atoms with E-state index in [1.165, 1.54) is 16.7 Å². The van der Waals surface area contributed by atoms with Gasteiger partial charge in [0.2, 0.25) is 5.91 Å². The van der Waals surface area contributed by atoms with Gasteiger partial charge in [0, 0.05) is 19.0 Å². The molecule has 86 valence electrons. The molecule has 0 radical (unpaired) electrons. The van der Waals surface area contributed by atoms with Crippen molar-refractivity contribution in [1.82, 2.24) is 5.32 Å². The van der Waals surface area contributed by atoms with Gasteiger partial charge in [0.1, 0.15) is 0 Å². The fraction of sp³-hybridized carbons (Fsp3) is 0.462. The minimum atomic E-state index is -0.198. The first-order valence-electron chi connectivity index (χ1n) is 5.67. The molecule has 3 nitrogen and oxygen atoms in total. The number of hydrogen-bond donors (Lipinski definition) is 2. The highest BCUT2D eigenvalue weighted by atomic mass is 16.1. The molecule has 0 saturated carbocycles. The average Bonchev–Trinajstić information content (AvgIpc) is 2.70. The van der Waals surface area contributed by atoms with Crippen molar-refractivity contribution in [2.45, 2.75) is 19.8 Å². The summed E-state index contributed by atoms with van der Waals surface area (Å²) >= 11 is 0. The number of carbonyl (C=O) groups excluding carboxylic acids is 1. The maximum absolute atomic E-state index is 11.4. The third-order valence-electron chi connectivity index (χ3n) is 3.41. The zero-order chi connectivity index (χ0) is 11.7. The molecule has 1 heterocycles. The minimum Gasteiger partial charge on any atom is -0.369 e. The van der Waals surface area contributed by atoms with E-state index in [2.05, 4.69) is 37.4 Å². The summed E-state index contributed by atoms with van der Waals surface area (Å²) in [5.41, 5.74) is 9.17. The van der Waals surface area contributed by atoms with Gasteiger partial charge in [-0.25, -0.2) is 0 Å². The standard InChI is InChI=1S/C13H18N2O/c1-8-3-4-9(2)10(5-8)11-6-15-7-12(11)13(14)16/h3-5,11-12,15H,6-7H2,1-2H3,(H2,14,16). The Hall–Kier alpha value is -1.35. The molecule has 0 aromatic heterocycles. The second kappa shape index (κ2) is 4.26. The van der Waals surface area contributed by atoms with E-state index in [1.54, 1.807) is 0 Å². The quantitative estimate of drug-likeness (QED) is 0.780. The van der Waals surface area contributed by atoms with Gasteiger partial charge in [-0.1, -0.05) is 23.8 Å². The molecule has 2 atom stereocenters. The first-order valence-corrected chi connectivity index (χ1v) is 5.67. The lowest BCUT2D eigenvalue weighted by Crippen LogP contribution is -2.28. The highest BCUT2D eigenvalue weighted by molar-refractivity contribution is 5.78. The maximum atomic E-state index is 11.4. The number of benzene rings is 1. The summed E-state index contributed by atoms with van der Waals surface area (Å²) in [5, 5.41) is 3.25. The van der Waals surface area contributed by atoms with E-state index in [-0.39, 0.29) is 17.7 Å². The zero-order valence-electron chi connectivity index (χ0n) is 9.79. The molecule has 3 N–H and O–H groups in total. The van der Waals surface area contributed by atoms with Crippen LogP contribution in [0.2, 0.25) is 0 Å². The third kappa shape index (κ3) is 1.95. The number of primary amides is 1. The monoisotopic (exact) mass is 218 g/mol. The molecule has 0 bridgehead atoms. The van der Waals surface area contributed by atoms with Gasteiger partial charge in [0.25, 0.3) is 0 Å². The summed E-state index contributed by atoms with van der Waals surface area (Å²) in [5.74, 6) is -0.0335. The van der Waals surface area contributed by atoms with Crippen molar-refractivity contribution in [3.05, 3.63) is 34.9 Å². The van der Waals surface area contributed by atoms with Gasteiger partial charge in [-0.3, -0.25) is 4.79 Å². The summed E-state index contributed by atoms with van der Waals surface area (Å²) in [6, 6.07) is 6.38. The van der Waals surface area contributed by atoms with Crippen LogP contribution in [0.3, 0.4) is 0 Å². The zero-order valence-corrected chi connectivity index (χ0v) is 9.79. The molecule has 1 aliphatic rings. The van der Waals surface area contributed by atoms with E-state index in [9.17, 15) is 4.79 Å². The Morgan fingerprint density at radius 3 is 2.81 bits per heavy atom.